The van der Waals surface area contributed by atoms with Crippen LogP contribution in [0.1, 0.15) is 18.1 Å². The molecule has 7 heteroatoms. The SMILES string of the molecule is CC(=O)NCCOC(=O)Cc1cccc(C(F)(F)F)c1. The van der Waals surface area contributed by atoms with Gasteiger partial charge in [-0.25, -0.2) is 0 Å². The summed E-state index contributed by atoms with van der Waals surface area (Å²) in [5, 5.41) is 2.43. The number of ether oxygens (including phenoxy) is 1. The number of carbonyl (C=O) groups is 2. The molecule has 0 spiro atoms. The second kappa shape index (κ2) is 6.93. The van der Waals surface area contributed by atoms with Gasteiger partial charge in [0.05, 0.1) is 18.5 Å². The van der Waals surface area contributed by atoms with Crippen molar-refractivity contribution < 1.29 is 27.5 Å². The third-order valence-electron chi connectivity index (χ3n) is 2.34. The van der Waals surface area contributed by atoms with Gasteiger partial charge in [0.2, 0.25) is 5.91 Å². The molecule has 4 nitrogen and oxygen atoms in total. The average Bonchev–Trinajstić information content (AvgIpc) is 2.34. The van der Waals surface area contributed by atoms with E-state index in [2.05, 4.69) is 5.32 Å². The first kappa shape index (κ1) is 16.0. The molecule has 0 aliphatic heterocycles. The van der Waals surface area contributed by atoms with E-state index in [1.165, 1.54) is 19.1 Å². The van der Waals surface area contributed by atoms with Crippen molar-refractivity contribution in [1.29, 1.82) is 0 Å². The lowest BCUT2D eigenvalue weighted by Crippen LogP contribution is -2.25. The molecule has 1 amide bonds. The van der Waals surface area contributed by atoms with Crippen LogP contribution in [-0.4, -0.2) is 25.0 Å². The Morgan fingerprint density at radius 2 is 2.00 bits per heavy atom. The van der Waals surface area contributed by atoms with Gasteiger partial charge in [0.1, 0.15) is 6.61 Å². The van der Waals surface area contributed by atoms with E-state index < -0.39 is 17.7 Å². The van der Waals surface area contributed by atoms with Gasteiger partial charge in [-0.3, -0.25) is 9.59 Å². The predicted molar refractivity (Wildman–Crippen MR) is 64.8 cm³/mol. The summed E-state index contributed by atoms with van der Waals surface area (Å²) in [5.41, 5.74) is -0.578. The van der Waals surface area contributed by atoms with Crippen LogP contribution in [0.5, 0.6) is 0 Å². The molecule has 0 atom stereocenters. The van der Waals surface area contributed by atoms with Crippen LogP contribution in [-0.2, 0) is 26.9 Å². The largest absolute Gasteiger partial charge is 0.464 e. The lowest BCUT2D eigenvalue weighted by molar-refractivity contribution is -0.143. The molecule has 0 heterocycles. The topological polar surface area (TPSA) is 55.4 Å². The molecule has 0 saturated carbocycles. The number of esters is 1. The molecule has 0 bridgehead atoms. The number of hydrogen-bond acceptors (Lipinski definition) is 3. The number of nitrogens with one attached hydrogen (secondary N) is 1. The van der Waals surface area contributed by atoms with E-state index in [1.807, 2.05) is 0 Å². The van der Waals surface area contributed by atoms with E-state index in [9.17, 15) is 22.8 Å². The van der Waals surface area contributed by atoms with E-state index in [0.29, 0.717) is 0 Å². The summed E-state index contributed by atoms with van der Waals surface area (Å²) in [7, 11) is 0. The summed E-state index contributed by atoms with van der Waals surface area (Å²) in [5.74, 6) is -0.895. The van der Waals surface area contributed by atoms with Crippen LogP contribution < -0.4 is 5.32 Å². The maximum absolute atomic E-state index is 12.5. The van der Waals surface area contributed by atoms with Gasteiger partial charge in [-0.2, -0.15) is 13.2 Å². The molecule has 0 saturated heterocycles. The molecule has 0 fully saturated rings. The normalized spacial score (nSPS) is 11.0. The fourth-order valence-corrected chi connectivity index (χ4v) is 1.47. The average molecular weight is 289 g/mol. The lowest BCUT2D eigenvalue weighted by Gasteiger charge is -2.09. The predicted octanol–water partition coefficient (Wildman–Crippen LogP) is 1.93. The zero-order valence-corrected chi connectivity index (χ0v) is 10.8. The molecule has 0 aliphatic rings. The van der Waals surface area contributed by atoms with Gasteiger partial charge in [-0.05, 0) is 11.6 Å². The standard InChI is InChI=1S/C13H14F3NO3/c1-9(18)17-5-6-20-12(19)8-10-3-2-4-11(7-10)13(14,15)16/h2-4,7H,5-6,8H2,1H3,(H,17,18). The molecule has 1 rings (SSSR count). The van der Waals surface area contributed by atoms with Crippen molar-refractivity contribution in [3.05, 3.63) is 35.4 Å². The number of hydrogen-bond donors (Lipinski definition) is 1. The summed E-state index contributed by atoms with van der Waals surface area (Å²) in [6.07, 6.45) is -4.69. The van der Waals surface area contributed by atoms with Gasteiger partial charge in [0, 0.05) is 6.92 Å². The van der Waals surface area contributed by atoms with Crippen molar-refractivity contribution in [3.8, 4) is 0 Å². The Labute approximate surface area is 113 Å². The van der Waals surface area contributed by atoms with Gasteiger partial charge in [0.25, 0.3) is 0 Å². The van der Waals surface area contributed by atoms with Gasteiger partial charge in [-0.15, -0.1) is 0 Å². The Kier molecular flexibility index (Phi) is 5.54. The molecule has 1 N–H and O–H groups in total. The van der Waals surface area contributed by atoms with Crippen LogP contribution >= 0.6 is 0 Å². The van der Waals surface area contributed by atoms with E-state index in [0.717, 1.165) is 12.1 Å². The van der Waals surface area contributed by atoms with Crippen LogP contribution in [0.2, 0.25) is 0 Å². The number of benzene rings is 1. The van der Waals surface area contributed by atoms with Gasteiger partial charge < -0.3 is 10.1 Å². The maximum Gasteiger partial charge on any atom is 0.416 e. The monoisotopic (exact) mass is 289 g/mol. The fraction of sp³-hybridized carbons (Fsp3) is 0.385. The molecule has 0 radical (unpaired) electrons. The first-order valence-corrected chi connectivity index (χ1v) is 5.85. The smallest absolute Gasteiger partial charge is 0.416 e. The number of carbonyl (C=O) groups excluding carboxylic acids is 2. The molecule has 110 valence electrons. The first-order chi connectivity index (χ1) is 9.29. The van der Waals surface area contributed by atoms with Gasteiger partial charge in [0.15, 0.2) is 0 Å². The highest BCUT2D eigenvalue weighted by atomic mass is 19.4. The summed E-state index contributed by atoms with van der Waals surface area (Å²) >= 11 is 0. The zero-order valence-electron chi connectivity index (χ0n) is 10.8. The van der Waals surface area contributed by atoms with Crippen molar-refractivity contribution in [2.75, 3.05) is 13.2 Å². The number of rotatable bonds is 5. The highest BCUT2D eigenvalue weighted by molar-refractivity contribution is 5.73. The minimum absolute atomic E-state index is 0.0165. The third-order valence-corrected chi connectivity index (χ3v) is 2.34. The second-order valence-corrected chi connectivity index (χ2v) is 4.08. The number of alkyl halides is 3. The van der Waals surface area contributed by atoms with Crippen LogP contribution in [0.25, 0.3) is 0 Å². The maximum atomic E-state index is 12.5. The minimum atomic E-state index is -4.44. The summed E-state index contributed by atoms with van der Waals surface area (Å²) in [6, 6.07) is 4.51. The molecule has 0 aliphatic carbocycles. The van der Waals surface area contributed by atoms with Crippen molar-refractivity contribution >= 4 is 11.9 Å². The summed E-state index contributed by atoms with van der Waals surface area (Å²) in [4.78, 5) is 22.0. The Morgan fingerprint density at radius 1 is 1.30 bits per heavy atom. The number of amides is 1. The first-order valence-electron chi connectivity index (χ1n) is 5.85. The second-order valence-electron chi connectivity index (χ2n) is 4.08. The van der Waals surface area contributed by atoms with Crippen molar-refractivity contribution in [1.82, 2.24) is 5.32 Å². The Balaban J connectivity index is 2.48. The molecular formula is C13H14F3NO3. The van der Waals surface area contributed by atoms with E-state index in [-0.39, 0.29) is 31.0 Å². The summed E-state index contributed by atoms with van der Waals surface area (Å²) < 4.78 is 42.2. The third kappa shape index (κ3) is 5.73. The van der Waals surface area contributed by atoms with Crippen LogP contribution in [0.4, 0.5) is 13.2 Å². The highest BCUT2D eigenvalue weighted by Crippen LogP contribution is 2.29. The van der Waals surface area contributed by atoms with E-state index in [4.69, 9.17) is 4.74 Å². The van der Waals surface area contributed by atoms with Crippen molar-refractivity contribution in [2.24, 2.45) is 0 Å². The van der Waals surface area contributed by atoms with Crippen LogP contribution in [0.3, 0.4) is 0 Å². The van der Waals surface area contributed by atoms with E-state index >= 15 is 0 Å². The summed E-state index contributed by atoms with van der Waals surface area (Å²) in [6.45, 7) is 1.48. The molecular weight excluding hydrogens is 275 g/mol. The molecule has 20 heavy (non-hydrogen) atoms. The Hall–Kier alpha value is -2.05. The quantitative estimate of drug-likeness (QED) is 0.665. The number of halogens is 3. The van der Waals surface area contributed by atoms with Crippen LogP contribution in [0, 0.1) is 0 Å². The zero-order chi connectivity index (χ0) is 15.2. The lowest BCUT2D eigenvalue weighted by atomic mass is 10.1. The Morgan fingerprint density at radius 3 is 2.60 bits per heavy atom. The van der Waals surface area contributed by atoms with Crippen LogP contribution in [0.15, 0.2) is 24.3 Å². The molecule has 0 unspecified atom stereocenters. The van der Waals surface area contributed by atoms with Gasteiger partial charge >= 0.3 is 12.1 Å². The molecule has 1 aromatic carbocycles. The van der Waals surface area contributed by atoms with Crippen molar-refractivity contribution in [2.45, 2.75) is 19.5 Å². The Bertz CT molecular complexity index is 486. The molecule has 0 aromatic heterocycles. The fourth-order valence-electron chi connectivity index (χ4n) is 1.47. The van der Waals surface area contributed by atoms with Crippen molar-refractivity contribution in [3.63, 3.8) is 0 Å². The minimum Gasteiger partial charge on any atom is -0.464 e. The molecule has 1 aromatic rings. The van der Waals surface area contributed by atoms with E-state index in [1.54, 1.807) is 0 Å². The highest BCUT2D eigenvalue weighted by Gasteiger charge is 2.30. The van der Waals surface area contributed by atoms with Gasteiger partial charge in [-0.1, -0.05) is 18.2 Å².